The predicted molar refractivity (Wildman–Crippen MR) is 145 cm³/mol. The lowest BCUT2D eigenvalue weighted by atomic mass is 9.95. The Morgan fingerprint density at radius 1 is 0.972 bits per heavy atom. The average Bonchev–Trinajstić information content (AvgIpc) is 2.89. The van der Waals surface area contributed by atoms with Crippen molar-refractivity contribution in [3.8, 4) is 11.8 Å². The molecule has 5 nitrogen and oxygen atoms in total. The Kier molecular flexibility index (Phi) is 8.10. The maximum Gasteiger partial charge on any atom is 0.271 e. The molecule has 3 aromatic rings. The van der Waals surface area contributed by atoms with E-state index in [0.29, 0.717) is 21.2 Å². The number of fused-ring (bicyclic) bond motifs is 1. The molecular weight excluding hydrogens is 493 g/mol. The van der Waals surface area contributed by atoms with E-state index in [2.05, 4.69) is 27.7 Å². The zero-order valence-corrected chi connectivity index (χ0v) is 21.6. The normalized spacial score (nSPS) is 13.1. The van der Waals surface area contributed by atoms with Crippen LogP contribution in [-0.4, -0.2) is 16.8 Å². The predicted octanol–water partition coefficient (Wildman–Crippen LogP) is 6.23. The molecule has 7 heteroatoms. The Balaban J connectivity index is 1.53. The van der Waals surface area contributed by atoms with Crippen molar-refractivity contribution in [2.45, 2.75) is 39.5 Å². The summed E-state index contributed by atoms with van der Waals surface area (Å²) in [4.78, 5) is 30.0. The van der Waals surface area contributed by atoms with Gasteiger partial charge in [0.1, 0.15) is 0 Å². The lowest BCUT2D eigenvalue weighted by molar-refractivity contribution is -0.118. The first-order chi connectivity index (χ1) is 17.4. The van der Waals surface area contributed by atoms with E-state index in [-0.39, 0.29) is 0 Å². The molecule has 182 valence electrons. The van der Waals surface area contributed by atoms with E-state index in [1.54, 1.807) is 24.4 Å². The Bertz CT molecular complexity index is 1480. The molecule has 0 radical (unpaired) electrons. The minimum atomic E-state index is -0.439. The molecule has 0 aliphatic heterocycles. The lowest BCUT2D eigenvalue weighted by Gasteiger charge is -2.17. The molecule has 2 amide bonds. The molecule has 4 rings (SSSR count). The SMILES string of the molecule is CCC1=C(C(=O)NNC(=O)c2ccc(CC)c(C#Cc3cnc4ccc(Cl)cc4c3)c2)C(Cl)=CCC1. The second kappa shape index (κ2) is 11.4. The molecule has 2 aromatic carbocycles. The number of rotatable bonds is 4. The first-order valence-corrected chi connectivity index (χ1v) is 12.5. The summed E-state index contributed by atoms with van der Waals surface area (Å²) in [5.74, 6) is 5.45. The first-order valence-electron chi connectivity index (χ1n) is 11.8. The summed E-state index contributed by atoms with van der Waals surface area (Å²) in [6.07, 6.45) is 6.61. The van der Waals surface area contributed by atoms with Gasteiger partial charge in [0.15, 0.2) is 0 Å². The topological polar surface area (TPSA) is 71.1 Å². The third-order valence-corrected chi connectivity index (χ3v) is 6.62. The number of nitrogens with zero attached hydrogens (tertiary/aromatic N) is 1. The molecule has 0 fully saturated rings. The van der Waals surface area contributed by atoms with Gasteiger partial charge in [0.05, 0.1) is 11.1 Å². The van der Waals surface area contributed by atoms with Gasteiger partial charge in [-0.25, -0.2) is 0 Å². The van der Waals surface area contributed by atoms with Gasteiger partial charge in [-0.3, -0.25) is 25.4 Å². The quantitative estimate of drug-likeness (QED) is 0.318. The fourth-order valence-electron chi connectivity index (χ4n) is 4.09. The molecule has 0 atom stereocenters. The number of pyridine rings is 1. The van der Waals surface area contributed by atoms with Crippen molar-refractivity contribution < 1.29 is 9.59 Å². The van der Waals surface area contributed by atoms with Crippen LogP contribution in [0.4, 0.5) is 0 Å². The Hall–Kier alpha value is -3.59. The van der Waals surface area contributed by atoms with E-state index in [1.165, 1.54) is 0 Å². The number of hydrogen-bond donors (Lipinski definition) is 2. The van der Waals surface area contributed by atoms with Crippen molar-refractivity contribution in [3.05, 3.63) is 98.2 Å². The number of benzene rings is 2. The van der Waals surface area contributed by atoms with Crippen LogP contribution in [0, 0.1) is 11.8 Å². The molecule has 1 heterocycles. The van der Waals surface area contributed by atoms with E-state index in [1.807, 2.05) is 44.2 Å². The van der Waals surface area contributed by atoms with Crippen molar-refractivity contribution >= 4 is 45.9 Å². The number of carbonyl (C=O) groups is 2. The monoisotopic (exact) mass is 517 g/mol. The van der Waals surface area contributed by atoms with Gasteiger partial charge < -0.3 is 0 Å². The van der Waals surface area contributed by atoms with E-state index in [0.717, 1.165) is 58.8 Å². The summed E-state index contributed by atoms with van der Waals surface area (Å²) >= 11 is 12.4. The lowest BCUT2D eigenvalue weighted by Crippen LogP contribution is -2.42. The van der Waals surface area contributed by atoms with Gasteiger partial charge in [0, 0.05) is 38.3 Å². The second-order valence-electron chi connectivity index (χ2n) is 8.37. The van der Waals surface area contributed by atoms with Crippen LogP contribution in [0.25, 0.3) is 10.9 Å². The maximum absolute atomic E-state index is 12.8. The molecule has 0 saturated carbocycles. The van der Waals surface area contributed by atoms with Gasteiger partial charge >= 0.3 is 0 Å². The fourth-order valence-corrected chi connectivity index (χ4v) is 4.60. The molecule has 0 bridgehead atoms. The molecule has 1 aliphatic carbocycles. The summed E-state index contributed by atoms with van der Waals surface area (Å²) in [6, 6.07) is 12.8. The summed E-state index contributed by atoms with van der Waals surface area (Å²) in [5, 5.41) is 1.96. The number of hydrazine groups is 1. The van der Waals surface area contributed by atoms with E-state index in [9.17, 15) is 9.59 Å². The number of halogens is 2. The molecule has 0 spiro atoms. The number of amides is 2. The van der Waals surface area contributed by atoms with Crippen molar-refractivity contribution in [1.82, 2.24) is 15.8 Å². The Morgan fingerprint density at radius 3 is 2.56 bits per heavy atom. The highest BCUT2D eigenvalue weighted by molar-refractivity contribution is 6.35. The van der Waals surface area contributed by atoms with Crippen molar-refractivity contribution in [2.24, 2.45) is 0 Å². The van der Waals surface area contributed by atoms with Gasteiger partial charge in [0.2, 0.25) is 0 Å². The first kappa shape index (κ1) is 25.5. The number of aromatic nitrogens is 1. The maximum atomic E-state index is 12.8. The zero-order valence-electron chi connectivity index (χ0n) is 20.0. The zero-order chi connectivity index (χ0) is 25.7. The number of nitrogens with one attached hydrogen (secondary N) is 2. The number of aryl methyl sites for hydroxylation is 1. The highest BCUT2D eigenvalue weighted by atomic mass is 35.5. The highest BCUT2D eigenvalue weighted by Crippen LogP contribution is 2.29. The summed E-state index contributed by atoms with van der Waals surface area (Å²) in [7, 11) is 0. The van der Waals surface area contributed by atoms with Crippen LogP contribution < -0.4 is 10.9 Å². The van der Waals surface area contributed by atoms with Gasteiger partial charge in [-0.15, -0.1) is 0 Å². The molecule has 36 heavy (non-hydrogen) atoms. The molecule has 0 saturated heterocycles. The van der Waals surface area contributed by atoms with Crippen LogP contribution in [0.1, 0.15) is 60.2 Å². The minimum absolute atomic E-state index is 0.384. The molecule has 1 aliphatic rings. The van der Waals surface area contributed by atoms with Gasteiger partial charge in [-0.1, -0.05) is 66.6 Å². The third kappa shape index (κ3) is 5.79. The largest absolute Gasteiger partial charge is 0.271 e. The van der Waals surface area contributed by atoms with E-state index >= 15 is 0 Å². The van der Waals surface area contributed by atoms with Crippen LogP contribution >= 0.6 is 23.2 Å². The molecule has 2 N–H and O–H groups in total. The summed E-state index contributed by atoms with van der Waals surface area (Å²) < 4.78 is 0. The second-order valence-corrected chi connectivity index (χ2v) is 9.21. The van der Waals surface area contributed by atoms with Crippen molar-refractivity contribution in [1.29, 1.82) is 0 Å². The molecule has 0 unspecified atom stereocenters. The van der Waals surface area contributed by atoms with Crippen LogP contribution in [0.2, 0.25) is 5.02 Å². The van der Waals surface area contributed by atoms with Crippen LogP contribution in [0.15, 0.2) is 70.9 Å². The molecule has 1 aromatic heterocycles. The van der Waals surface area contributed by atoms with Crippen LogP contribution in [0.3, 0.4) is 0 Å². The van der Waals surface area contributed by atoms with Crippen molar-refractivity contribution in [2.75, 3.05) is 0 Å². The van der Waals surface area contributed by atoms with Gasteiger partial charge in [0.25, 0.3) is 11.8 Å². The highest BCUT2D eigenvalue weighted by Gasteiger charge is 2.21. The molecular formula is C29H25Cl2N3O2. The minimum Gasteiger partial charge on any atom is -0.267 e. The Labute approximate surface area is 220 Å². The van der Waals surface area contributed by atoms with Crippen LogP contribution in [-0.2, 0) is 11.2 Å². The van der Waals surface area contributed by atoms with E-state index < -0.39 is 11.8 Å². The number of carbonyl (C=O) groups excluding carboxylic acids is 2. The summed E-state index contributed by atoms with van der Waals surface area (Å²) in [6.45, 7) is 4.01. The summed E-state index contributed by atoms with van der Waals surface area (Å²) in [5.41, 5.74) is 10.1. The third-order valence-electron chi connectivity index (χ3n) is 6.04. The number of hydrogen-bond acceptors (Lipinski definition) is 3. The Morgan fingerprint density at radius 2 is 1.78 bits per heavy atom. The van der Waals surface area contributed by atoms with Gasteiger partial charge in [-0.2, -0.15) is 0 Å². The van der Waals surface area contributed by atoms with Crippen LogP contribution in [0.5, 0.6) is 0 Å². The van der Waals surface area contributed by atoms with Crippen molar-refractivity contribution in [3.63, 3.8) is 0 Å². The fraction of sp³-hybridized carbons (Fsp3) is 0.207. The standard InChI is InChI=1S/C29H25Cl2N3O2/c1-3-19-10-11-22(28(35)33-34-29(36)27-20(4-2)6-5-7-25(27)31)15-21(19)9-8-18-14-23-16-24(30)12-13-26(23)32-17-18/h7,10-17H,3-6H2,1-2H3,(H,33,35)(H,34,36). The number of allylic oxidation sites excluding steroid dienone is 2. The van der Waals surface area contributed by atoms with Gasteiger partial charge in [-0.05, 0) is 67.6 Å². The smallest absolute Gasteiger partial charge is 0.267 e. The van der Waals surface area contributed by atoms with E-state index in [4.69, 9.17) is 23.2 Å². The average molecular weight is 518 g/mol.